The lowest BCUT2D eigenvalue weighted by Crippen LogP contribution is -2.41. The van der Waals surface area contributed by atoms with Crippen LogP contribution in [0.25, 0.3) is 0 Å². The summed E-state index contributed by atoms with van der Waals surface area (Å²) in [5.41, 5.74) is 0.107. The van der Waals surface area contributed by atoms with Gasteiger partial charge in [-0.15, -0.1) is 0 Å². The van der Waals surface area contributed by atoms with E-state index in [0.717, 1.165) is 0 Å². The highest BCUT2D eigenvalue weighted by molar-refractivity contribution is 5.97. The summed E-state index contributed by atoms with van der Waals surface area (Å²) in [5.74, 6) is -0.654. The molecule has 132 valence electrons. The zero-order valence-electron chi connectivity index (χ0n) is 13.9. The van der Waals surface area contributed by atoms with E-state index in [0.29, 0.717) is 12.3 Å². The Morgan fingerprint density at radius 2 is 1.58 bits per heavy atom. The van der Waals surface area contributed by atoms with E-state index in [1.807, 2.05) is 5.32 Å². The number of amides is 3. The van der Waals surface area contributed by atoms with Gasteiger partial charge in [0.05, 0.1) is 26.9 Å². The quantitative estimate of drug-likeness (QED) is 0.703. The van der Waals surface area contributed by atoms with Gasteiger partial charge >= 0.3 is 12.0 Å². The average molecular weight is 340 g/mol. The van der Waals surface area contributed by atoms with E-state index < -0.39 is 24.5 Å². The molecule has 9 nitrogen and oxygen atoms in total. The molecule has 0 heterocycles. The van der Waals surface area contributed by atoms with Gasteiger partial charge in [-0.3, -0.25) is 10.1 Å². The van der Waals surface area contributed by atoms with Gasteiger partial charge in [-0.1, -0.05) is 0 Å². The monoisotopic (exact) mass is 340 g/mol. The lowest BCUT2D eigenvalue weighted by molar-refractivity contribution is -0.123. The van der Waals surface area contributed by atoms with Crippen LogP contribution in [0.3, 0.4) is 0 Å². The normalized spacial score (nSPS) is 9.67. The van der Waals surface area contributed by atoms with Gasteiger partial charge in [0.1, 0.15) is 0 Å². The first-order valence-electron chi connectivity index (χ1n) is 7.01. The van der Waals surface area contributed by atoms with Crippen LogP contribution in [0.1, 0.15) is 17.3 Å². The van der Waals surface area contributed by atoms with Gasteiger partial charge in [0.25, 0.3) is 5.91 Å². The molecule has 0 saturated carbocycles. The molecule has 0 unspecified atom stereocenters. The van der Waals surface area contributed by atoms with Gasteiger partial charge in [-0.25, -0.2) is 9.59 Å². The highest BCUT2D eigenvalue weighted by atomic mass is 16.5. The number of ether oxygens (including phenoxy) is 4. The van der Waals surface area contributed by atoms with E-state index in [9.17, 15) is 14.4 Å². The van der Waals surface area contributed by atoms with Gasteiger partial charge in [-0.2, -0.15) is 0 Å². The molecule has 24 heavy (non-hydrogen) atoms. The Kier molecular flexibility index (Phi) is 7.34. The molecular formula is C15H20N2O7. The van der Waals surface area contributed by atoms with Crippen molar-refractivity contribution in [2.75, 3.05) is 34.5 Å². The fourth-order valence-corrected chi connectivity index (χ4v) is 1.78. The first-order chi connectivity index (χ1) is 11.5. The number of hydrogen-bond acceptors (Lipinski definition) is 7. The summed E-state index contributed by atoms with van der Waals surface area (Å²) in [6, 6.07) is 2.13. The van der Waals surface area contributed by atoms with Crippen LogP contribution in [0.4, 0.5) is 4.79 Å². The van der Waals surface area contributed by atoms with E-state index in [1.165, 1.54) is 33.5 Å². The summed E-state index contributed by atoms with van der Waals surface area (Å²) in [4.78, 5) is 34.7. The Morgan fingerprint density at radius 3 is 2.04 bits per heavy atom. The summed E-state index contributed by atoms with van der Waals surface area (Å²) in [6.45, 7) is 1.46. The number of esters is 1. The maximum atomic E-state index is 12.0. The van der Waals surface area contributed by atoms with Gasteiger partial charge in [0.15, 0.2) is 18.1 Å². The number of urea groups is 1. The van der Waals surface area contributed by atoms with Crippen molar-refractivity contribution in [3.8, 4) is 17.2 Å². The molecule has 0 radical (unpaired) electrons. The van der Waals surface area contributed by atoms with Gasteiger partial charge in [-0.05, 0) is 19.1 Å². The largest absolute Gasteiger partial charge is 0.493 e. The zero-order valence-corrected chi connectivity index (χ0v) is 13.9. The summed E-state index contributed by atoms with van der Waals surface area (Å²) in [7, 11) is 4.25. The first-order valence-corrected chi connectivity index (χ1v) is 7.01. The van der Waals surface area contributed by atoms with Crippen molar-refractivity contribution in [2.45, 2.75) is 6.92 Å². The molecule has 1 aromatic carbocycles. The molecule has 0 saturated heterocycles. The summed E-state index contributed by atoms with van der Waals surface area (Å²) >= 11 is 0. The van der Waals surface area contributed by atoms with Crippen LogP contribution in [0, 0.1) is 0 Å². The molecule has 0 atom stereocenters. The average Bonchev–Trinajstić information content (AvgIpc) is 2.58. The molecule has 1 rings (SSSR count). The molecule has 9 heteroatoms. The number of imide groups is 1. The van der Waals surface area contributed by atoms with Crippen LogP contribution >= 0.6 is 0 Å². The molecule has 0 fully saturated rings. The fraction of sp³-hybridized carbons (Fsp3) is 0.400. The van der Waals surface area contributed by atoms with Crippen molar-refractivity contribution >= 4 is 17.9 Å². The standard InChI is InChI=1S/C15H20N2O7/c1-5-16-15(20)17-12(18)8-24-14(19)9-6-10(21-2)13(23-4)11(7-9)22-3/h6-7H,5,8H2,1-4H3,(H2,16,17,18,20). The third kappa shape index (κ3) is 5.04. The number of benzene rings is 1. The third-order valence-corrected chi connectivity index (χ3v) is 2.83. The number of carbonyl (C=O) groups is 3. The van der Waals surface area contributed by atoms with Crippen LogP contribution < -0.4 is 24.8 Å². The van der Waals surface area contributed by atoms with E-state index in [1.54, 1.807) is 6.92 Å². The molecule has 0 spiro atoms. The van der Waals surface area contributed by atoms with Crippen LogP contribution in [-0.2, 0) is 9.53 Å². The fourth-order valence-electron chi connectivity index (χ4n) is 1.78. The lowest BCUT2D eigenvalue weighted by Gasteiger charge is -2.13. The van der Waals surface area contributed by atoms with Crippen molar-refractivity contribution < 1.29 is 33.3 Å². The highest BCUT2D eigenvalue weighted by Gasteiger charge is 2.19. The molecule has 0 aliphatic heterocycles. The molecule has 3 amide bonds. The van der Waals surface area contributed by atoms with Gasteiger partial charge in [0, 0.05) is 6.54 Å². The smallest absolute Gasteiger partial charge is 0.338 e. The number of hydrogen-bond donors (Lipinski definition) is 2. The molecule has 1 aromatic rings. The van der Waals surface area contributed by atoms with E-state index in [-0.39, 0.29) is 17.1 Å². The Hall–Kier alpha value is -2.97. The second-order valence-electron chi connectivity index (χ2n) is 4.40. The van der Waals surface area contributed by atoms with Crippen molar-refractivity contribution in [3.05, 3.63) is 17.7 Å². The molecule has 0 aromatic heterocycles. The van der Waals surface area contributed by atoms with Crippen LogP contribution in [0.15, 0.2) is 12.1 Å². The summed E-state index contributed by atoms with van der Waals surface area (Å²) in [6.07, 6.45) is 0. The second-order valence-corrected chi connectivity index (χ2v) is 4.40. The maximum absolute atomic E-state index is 12.0. The van der Waals surface area contributed by atoms with Gasteiger partial charge in [0.2, 0.25) is 5.75 Å². The first kappa shape index (κ1) is 19.1. The molecule has 2 N–H and O–H groups in total. The van der Waals surface area contributed by atoms with Crippen LogP contribution in [0.2, 0.25) is 0 Å². The van der Waals surface area contributed by atoms with Crippen molar-refractivity contribution in [1.82, 2.24) is 10.6 Å². The predicted molar refractivity (Wildman–Crippen MR) is 83.6 cm³/mol. The van der Waals surface area contributed by atoms with Gasteiger partial charge < -0.3 is 24.3 Å². The number of carbonyl (C=O) groups excluding carboxylic acids is 3. The Bertz CT molecular complexity index is 591. The van der Waals surface area contributed by atoms with E-state index >= 15 is 0 Å². The summed E-state index contributed by atoms with van der Waals surface area (Å²) in [5, 5.41) is 4.40. The predicted octanol–water partition coefficient (Wildman–Crippen LogP) is 0.715. The Morgan fingerprint density at radius 1 is 1.00 bits per heavy atom. The summed E-state index contributed by atoms with van der Waals surface area (Å²) < 4.78 is 20.3. The Labute approximate surface area is 139 Å². The second kappa shape index (κ2) is 9.23. The molecule has 0 bridgehead atoms. The Balaban J connectivity index is 2.78. The maximum Gasteiger partial charge on any atom is 0.338 e. The molecule has 0 aliphatic carbocycles. The molecule has 0 aliphatic rings. The number of methoxy groups -OCH3 is 3. The topological polar surface area (TPSA) is 112 Å². The van der Waals surface area contributed by atoms with Crippen LogP contribution in [0.5, 0.6) is 17.2 Å². The highest BCUT2D eigenvalue weighted by Crippen LogP contribution is 2.38. The van der Waals surface area contributed by atoms with Crippen molar-refractivity contribution in [1.29, 1.82) is 0 Å². The zero-order chi connectivity index (χ0) is 18.1. The van der Waals surface area contributed by atoms with E-state index in [2.05, 4.69) is 5.32 Å². The number of rotatable bonds is 7. The minimum atomic E-state index is -0.777. The van der Waals surface area contributed by atoms with E-state index in [4.69, 9.17) is 18.9 Å². The minimum Gasteiger partial charge on any atom is -0.493 e. The molecular weight excluding hydrogens is 320 g/mol. The van der Waals surface area contributed by atoms with Crippen molar-refractivity contribution in [2.24, 2.45) is 0 Å². The third-order valence-electron chi connectivity index (χ3n) is 2.83. The lowest BCUT2D eigenvalue weighted by atomic mass is 10.2. The SMILES string of the molecule is CCNC(=O)NC(=O)COC(=O)c1cc(OC)c(OC)c(OC)c1. The number of nitrogens with one attached hydrogen (secondary N) is 2. The minimum absolute atomic E-state index is 0.107. The van der Waals surface area contributed by atoms with Crippen LogP contribution in [-0.4, -0.2) is 52.4 Å². The van der Waals surface area contributed by atoms with Crippen molar-refractivity contribution in [3.63, 3.8) is 0 Å².